The fourth-order valence-corrected chi connectivity index (χ4v) is 2.23. The van der Waals surface area contributed by atoms with Crippen LogP contribution >= 0.6 is 12.4 Å². The number of imidazole rings is 1. The van der Waals surface area contributed by atoms with Gasteiger partial charge >= 0.3 is 0 Å². The van der Waals surface area contributed by atoms with Gasteiger partial charge in [-0.2, -0.15) is 0 Å². The molecule has 0 aromatic carbocycles. The number of aryl methyl sites for hydroxylation is 1. The fraction of sp³-hybridized carbons (Fsp3) is 0.417. The molecule has 1 aliphatic heterocycles. The van der Waals surface area contributed by atoms with Crippen LogP contribution in [0.5, 0.6) is 0 Å². The number of aromatic nitrogens is 4. The highest BCUT2D eigenvalue weighted by atomic mass is 35.5. The van der Waals surface area contributed by atoms with Crippen molar-refractivity contribution in [1.82, 2.24) is 25.3 Å². The summed E-state index contributed by atoms with van der Waals surface area (Å²) in [4.78, 5) is 16.2. The van der Waals surface area contributed by atoms with Gasteiger partial charge in [0.1, 0.15) is 11.5 Å². The van der Waals surface area contributed by atoms with E-state index in [9.17, 15) is 0 Å². The number of rotatable bonds is 2. The van der Waals surface area contributed by atoms with Crippen molar-refractivity contribution < 1.29 is 0 Å². The Morgan fingerprint density at radius 1 is 1.33 bits per heavy atom. The summed E-state index contributed by atoms with van der Waals surface area (Å²) in [5.41, 5.74) is 1.94. The van der Waals surface area contributed by atoms with E-state index in [4.69, 9.17) is 0 Å². The van der Waals surface area contributed by atoms with Gasteiger partial charge in [-0.05, 0) is 32.4 Å². The van der Waals surface area contributed by atoms with Crippen molar-refractivity contribution in [2.75, 3.05) is 6.54 Å². The number of H-pyrrole nitrogens is 1. The molecule has 0 spiro atoms. The molecule has 2 N–H and O–H groups in total. The van der Waals surface area contributed by atoms with Crippen LogP contribution in [0.3, 0.4) is 0 Å². The molecule has 1 fully saturated rings. The Labute approximate surface area is 112 Å². The lowest BCUT2D eigenvalue weighted by Gasteiger charge is -2.11. The molecule has 96 valence electrons. The van der Waals surface area contributed by atoms with Crippen molar-refractivity contribution in [3.05, 3.63) is 30.0 Å². The molecule has 1 saturated heterocycles. The average Bonchev–Trinajstić information content (AvgIpc) is 3.02. The van der Waals surface area contributed by atoms with Gasteiger partial charge in [-0.3, -0.25) is 0 Å². The molecule has 3 heterocycles. The van der Waals surface area contributed by atoms with E-state index in [1.807, 2.05) is 13.0 Å². The molecule has 1 unspecified atom stereocenters. The first-order chi connectivity index (χ1) is 8.33. The quantitative estimate of drug-likeness (QED) is 0.872. The van der Waals surface area contributed by atoms with E-state index in [2.05, 4.69) is 25.3 Å². The van der Waals surface area contributed by atoms with Gasteiger partial charge in [0.15, 0.2) is 5.82 Å². The van der Waals surface area contributed by atoms with Crippen molar-refractivity contribution in [2.24, 2.45) is 0 Å². The minimum absolute atomic E-state index is 0. The summed E-state index contributed by atoms with van der Waals surface area (Å²) in [7, 11) is 0. The van der Waals surface area contributed by atoms with Crippen LogP contribution in [0, 0.1) is 6.92 Å². The Kier molecular flexibility index (Phi) is 3.93. The Hall–Kier alpha value is -1.46. The lowest BCUT2D eigenvalue weighted by molar-refractivity contribution is 0.623. The third kappa shape index (κ3) is 2.52. The monoisotopic (exact) mass is 265 g/mol. The third-order valence-corrected chi connectivity index (χ3v) is 3.02. The Balaban J connectivity index is 0.00000120. The average molecular weight is 266 g/mol. The zero-order valence-corrected chi connectivity index (χ0v) is 11.0. The van der Waals surface area contributed by atoms with E-state index in [0.717, 1.165) is 36.0 Å². The van der Waals surface area contributed by atoms with Gasteiger partial charge in [0.05, 0.1) is 5.69 Å². The van der Waals surface area contributed by atoms with Crippen LogP contribution in [-0.4, -0.2) is 26.5 Å². The number of hydrogen-bond acceptors (Lipinski definition) is 4. The smallest absolute Gasteiger partial charge is 0.156 e. The molecule has 0 bridgehead atoms. The standard InChI is InChI=1S/C12H15N5.ClH/c1-8-16-10(9-3-2-4-13-9)7-11(17-8)12-14-5-6-15-12;/h5-7,9,13H,2-4H2,1H3,(H,14,15);1H. The summed E-state index contributed by atoms with van der Waals surface area (Å²) < 4.78 is 0. The molecule has 0 amide bonds. The van der Waals surface area contributed by atoms with Gasteiger partial charge < -0.3 is 10.3 Å². The van der Waals surface area contributed by atoms with Gasteiger partial charge in [-0.1, -0.05) is 0 Å². The number of aromatic amines is 1. The first-order valence-corrected chi connectivity index (χ1v) is 5.91. The van der Waals surface area contributed by atoms with Crippen LogP contribution in [-0.2, 0) is 0 Å². The van der Waals surface area contributed by atoms with Crippen LogP contribution in [0.25, 0.3) is 11.5 Å². The fourth-order valence-electron chi connectivity index (χ4n) is 2.23. The predicted octanol–water partition coefficient (Wildman–Crippen LogP) is 2.02. The van der Waals surface area contributed by atoms with E-state index < -0.39 is 0 Å². The molecule has 2 aromatic rings. The molecule has 3 rings (SSSR count). The topological polar surface area (TPSA) is 66.5 Å². The highest BCUT2D eigenvalue weighted by Gasteiger charge is 2.19. The van der Waals surface area contributed by atoms with Gasteiger partial charge in [0.25, 0.3) is 0 Å². The second-order valence-electron chi connectivity index (χ2n) is 4.31. The summed E-state index contributed by atoms with van der Waals surface area (Å²) in [5.74, 6) is 1.59. The van der Waals surface area contributed by atoms with Crippen molar-refractivity contribution in [3.8, 4) is 11.5 Å². The van der Waals surface area contributed by atoms with E-state index in [1.54, 1.807) is 12.4 Å². The molecule has 0 saturated carbocycles. The van der Waals surface area contributed by atoms with E-state index in [1.165, 1.54) is 6.42 Å². The SMILES string of the molecule is Cc1nc(-c2ncc[nH]2)cc(C2CCCN2)n1.Cl. The zero-order chi connectivity index (χ0) is 11.7. The molecular formula is C12H16ClN5. The van der Waals surface area contributed by atoms with Crippen LogP contribution in [0.1, 0.15) is 30.4 Å². The van der Waals surface area contributed by atoms with Crippen molar-refractivity contribution in [1.29, 1.82) is 0 Å². The minimum Gasteiger partial charge on any atom is -0.343 e. The van der Waals surface area contributed by atoms with Crippen LogP contribution in [0.4, 0.5) is 0 Å². The van der Waals surface area contributed by atoms with Crippen molar-refractivity contribution in [3.63, 3.8) is 0 Å². The number of nitrogens with one attached hydrogen (secondary N) is 2. The number of nitrogens with zero attached hydrogens (tertiary/aromatic N) is 3. The predicted molar refractivity (Wildman–Crippen MR) is 71.6 cm³/mol. The maximum absolute atomic E-state index is 4.51. The lowest BCUT2D eigenvalue weighted by Crippen LogP contribution is -2.15. The maximum atomic E-state index is 4.51. The first-order valence-electron chi connectivity index (χ1n) is 5.91. The summed E-state index contributed by atoms with van der Waals surface area (Å²) >= 11 is 0. The van der Waals surface area contributed by atoms with Crippen LogP contribution in [0.15, 0.2) is 18.5 Å². The normalized spacial score (nSPS) is 18.6. The van der Waals surface area contributed by atoms with E-state index in [-0.39, 0.29) is 12.4 Å². The third-order valence-electron chi connectivity index (χ3n) is 3.02. The van der Waals surface area contributed by atoms with Crippen molar-refractivity contribution in [2.45, 2.75) is 25.8 Å². The van der Waals surface area contributed by atoms with E-state index >= 15 is 0 Å². The van der Waals surface area contributed by atoms with Crippen LogP contribution in [0.2, 0.25) is 0 Å². The highest BCUT2D eigenvalue weighted by molar-refractivity contribution is 5.85. The molecule has 0 radical (unpaired) electrons. The van der Waals surface area contributed by atoms with Gasteiger partial charge in [-0.15, -0.1) is 12.4 Å². The zero-order valence-electron chi connectivity index (χ0n) is 10.2. The summed E-state index contributed by atoms with van der Waals surface area (Å²) in [5, 5.41) is 3.45. The summed E-state index contributed by atoms with van der Waals surface area (Å²) in [6.07, 6.45) is 5.90. The summed E-state index contributed by atoms with van der Waals surface area (Å²) in [6, 6.07) is 2.39. The second kappa shape index (κ2) is 5.46. The number of hydrogen-bond donors (Lipinski definition) is 2. The largest absolute Gasteiger partial charge is 0.343 e. The minimum atomic E-state index is 0. The van der Waals surface area contributed by atoms with Crippen molar-refractivity contribution >= 4 is 12.4 Å². The molecule has 0 aliphatic carbocycles. The Morgan fingerprint density at radius 2 is 2.22 bits per heavy atom. The maximum Gasteiger partial charge on any atom is 0.156 e. The molecule has 1 aliphatic rings. The molecule has 18 heavy (non-hydrogen) atoms. The first kappa shape index (κ1) is 13.0. The van der Waals surface area contributed by atoms with Crippen LogP contribution < -0.4 is 5.32 Å². The molecule has 1 atom stereocenters. The highest BCUT2D eigenvalue weighted by Crippen LogP contribution is 2.23. The Morgan fingerprint density at radius 3 is 2.89 bits per heavy atom. The molecule has 2 aromatic heterocycles. The lowest BCUT2D eigenvalue weighted by atomic mass is 10.1. The van der Waals surface area contributed by atoms with E-state index in [0.29, 0.717) is 6.04 Å². The molecule has 5 nitrogen and oxygen atoms in total. The Bertz CT molecular complexity index is 505. The van der Waals surface area contributed by atoms with Gasteiger partial charge in [-0.25, -0.2) is 15.0 Å². The number of halogens is 1. The molecular weight excluding hydrogens is 250 g/mol. The van der Waals surface area contributed by atoms with Gasteiger partial charge in [0, 0.05) is 18.4 Å². The summed E-state index contributed by atoms with van der Waals surface area (Å²) in [6.45, 7) is 2.99. The second-order valence-corrected chi connectivity index (χ2v) is 4.31. The molecule has 6 heteroatoms. The van der Waals surface area contributed by atoms with Gasteiger partial charge in [0.2, 0.25) is 0 Å².